The predicted octanol–water partition coefficient (Wildman–Crippen LogP) is 0.822. The predicted molar refractivity (Wildman–Crippen MR) is 63.9 cm³/mol. The number of hydrogen-bond donors (Lipinski definition) is 2. The standard InChI is InChI=1S/C11H20N4/c1-9-4-5-13-11(10(9)8-12)14-6-7-15(2)3/h4-5H,6-8,12H2,1-3H3,(H,13,14). The fraction of sp³-hybridized carbons (Fsp3) is 0.545. The first kappa shape index (κ1) is 11.9. The number of rotatable bonds is 5. The van der Waals surface area contributed by atoms with Crippen LogP contribution in [0.15, 0.2) is 12.3 Å². The van der Waals surface area contributed by atoms with E-state index in [-0.39, 0.29) is 0 Å². The number of anilines is 1. The van der Waals surface area contributed by atoms with Gasteiger partial charge in [0.25, 0.3) is 0 Å². The molecule has 0 bridgehead atoms. The van der Waals surface area contributed by atoms with Gasteiger partial charge in [-0.3, -0.25) is 0 Å². The molecule has 0 aliphatic carbocycles. The minimum atomic E-state index is 0.532. The zero-order valence-corrected chi connectivity index (χ0v) is 9.75. The molecule has 1 aromatic heterocycles. The molecular formula is C11H20N4. The van der Waals surface area contributed by atoms with Crippen LogP contribution >= 0.6 is 0 Å². The number of likely N-dealkylation sites (N-methyl/N-ethyl adjacent to an activating group) is 1. The SMILES string of the molecule is Cc1ccnc(NCCN(C)C)c1CN. The Morgan fingerprint density at radius 2 is 2.20 bits per heavy atom. The van der Waals surface area contributed by atoms with Crippen LogP contribution in [0.4, 0.5) is 5.82 Å². The lowest BCUT2D eigenvalue weighted by atomic mass is 10.1. The van der Waals surface area contributed by atoms with Gasteiger partial charge in [-0.1, -0.05) is 0 Å². The van der Waals surface area contributed by atoms with E-state index in [2.05, 4.69) is 36.2 Å². The molecule has 0 aliphatic rings. The van der Waals surface area contributed by atoms with Gasteiger partial charge in [0.15, 0.2) is 0 Å². The highest BCUT2D eigenvalue weighted by Gasteiger charge is 2.04. The van der Waals surface area contributed by atoms with Gasteiger partial charge < -0.3 is 16.0 Å². The van der Waals surface area contributed by atoms with Crippen molar-refractivity contribution in [2.24, 2.45) is 5.73 Å². The normalized spacial score (nSPS) is 10.7. The van der Waals surface area contributed by atoms with Crippen LogP contribution in [0.2, 0.25) is 0 Å². The molecule has 0 fully saturated rings. The molecular weight excluding hydrogens is 188 g/mol. The summed E-state index contributed by atoms with van der Waals surface area (Å²) in [5.41, 5.74) is 7.99. The smallest absolute Gasteiger partial charge is 0.130 e. The molecule has 84 valence electrons. The van der Waals surface area contributed by atoms with Gasteiger partial charge in [-0.2, -0.15) is 0 Å². The third kappa shape index (κ3) is 3.49. The van der Waals surface area contributed by atoms with Crippen molar-refractivity contribution in [3.8, 4) is 0 Å². The van der Waals surface area contributed by atoms with Gasteiger partial charge in [0.2, 0.25) is 0 Å². The third-order valence-electron chi connectivity index (χ3n) is 2.35. The molecule has 0 aromatic carbocycles. The molecule has 0 atom stereocenters. The molecule has 4 nitrogen and oxygen atoms in total. The van der Waals surface area contributed by atoms with Gasteiger partial charge in [0, 0.05) is 31.4 Å². The van der Waals surface area contributed by atoms with Crippen LogP contribution < -0.4 is 11.1 Å². The number of nitrogens with zero attached hydrogens (tertiary/aromatic N) is 2. The molecule has 0 radical (unpaired) electrons. The average Bonchev–Trinajstić information content (AvgIpc) is 2.17. The maximum atomic E-state index is 5.69. The molecule has 1 aromatic rings. The summed E-state index contributed by atoms with van der Waals surface area (Å²) >= 11 is 0. The minimum Gasteiger partial charge on any atom is -0.369 e. The van der Waals surface area contributed by atoms with Crippen molar-refractivity contribution >= 4 is 5.82 Å². The number of nitrogens with two attached hydrogens (primary N) is 1. The van der Waals surface area contributed by atoms with E-state index >= 15 is 0 Å². The molecule has 1 rings (SSSR count). The van der Waals surface area contributed by atoms with E-state index in [1.54, 1.807) is 0 Å². The second-order valence-electron chi connectivity index (χ2n) is 3.89. The Morgan fingerprint density at radius 1 is 1.47 bits per heavy atom. The zero-order valence-electron chi connectivity index (χ0n) is 9.75. The van der Waals surface area contributed by atoms with E-state index in [0.29, 0.717) is 6.54 Å². The van der Waals surface area contributed by atoms with Gasteiger partial charge in [0.1, 0.15) is 5.82 Å². The Labute approximate surface area is 91.5 Å². The van der Waals surface area contributed by atoms with Crippen LogP contribution in [0.3, 0.4) is 0 Å². The molecule has 0 spiro atoms. The summed E-state index contributed by atoms with van der Waals surface area (Å²) in [5.74, 6) is 0.916. The first-order valence-corrected chi connectivity index (χ1v) is 5.18. The zero-order chi connectivity index (χ0) is 11.3. The molecule has 4 heteroatoms. The molecule has 0 aliphatic heterocycles. The lowest BCUT2D eigenvalue weighted by Crippen LogP contribution is -2.22. The maximum absolute atomic E-state index is 5.69. The quantitative estimate of drug-likeness (QED) is 0.752. The Hall–Kier alpha value is -1.13. The Bertz CT molecular complexity index is 309. The van der Waals surface area contributed by atoms with Crippen molar-refractivity contribution in [2.45, 2.75) is 13.5 Å². The molecule has 15 heavy (non-hydrogen) atoms. The first-order valence-electron chi connectivity index (χ1n) is 5.18. The lowest BCUT2D eigenvalue weighted by molar-refractivity contribution is 0.425. The number of aryl methyl sites for hydroxylation is 1. The van der Waals surface area contributed by atoms with E-state index in [1.807, 2.05) is 12.3 Å². The average molecular weight is 208 g/mol. The Morgan fingerprint density at radius 3 is 2.80 bits per heavy atom. The van der Waals surface area contributed by atoms with Gasteiger partial charge >= 0.3 is 0 Å². The summed E-state index contributed by atoms with van der Waals surface area (Å²) in [6.07, 6.45) is 1.81. The lowest BCUT2D eigenvalue weighted by Gasteiger charge is -2.14. The van der Waals surface area contributed by atoms with Crippen molar-refractivity contribution in [3.05, 3.63) is 23.4 Å². The summed E-state index contributed by atoms with van der Waals surface area (Å²) in [5, 5.41) is 3.30. The van der Waals surface area contributed by atoms with Crippen molar-refractivity contribution in [3.63, 3.8) is 0 Å². The fourth-order valence-electron chi connectivity index (χ4n) is 1.40. The molecule has 0 amide bonds. The van der Waals surface area contributed by atoms with Gasteiger partial charge in [0.05, 0.1) is 0 Å². The van der Waals surface area contributed by atoms with Crippen molar-refractivity contribution in [1.82, 2.24) is 9.88 Å². The number of hydrogen-bond acceptors (Lipinski definition) is 4. The fourth-order valence-corrected chi connectivity index (χ4v) is 1.40. The van der Waals surface area contributed by atoms with Crippen LogP contribution in [-0.2, 0) is 6.54 Å². The highest BCUT2D eigenvalue weighted by Crippen LogP contribution is 2.15. The monoisotopic (exact) mass is 208 g/mol. The highest BCUT2D eigenvalue weighted by molar-refractivity contribution is 5.47. The van der Waals surface area contributed by atoms with Crippen molar-refractivity contribution in [2.75, 3.05) is 32.5 Å². The molecule has 0 saturated carbocycles. The minimum absolute atomic E-state index is 0.532. The molecule has 0 saturated heterocycles. The molecule has 3 N–H and O–H groups in total. The summed E-state index contributed by atoms with van der Waals surface area (Å²) in [6.45, 7) is 4.46. The summed E-state index contributed by atoms with van der Waals surface area (Å²) < 4.78 is 0. The Kier molecular flexibility index (Phi) is 4.52. The topological polar surface area (TPSA) is 54.2 Å². The number of aromatic nitrogens is 1. The van der Waals surface area contributed by atoms with Crippen LogP contribution in [0, 0.1) is 6.92 Å². The van der Waals surface area contributed by atoms with Crippen LogP contribution in [-0.4, -0.2) is 37.1 Å². The summed E-state index contributed by atoms with van der Waals surface area (Å²) in [7, 11) is 4.10. The van der Waals surface area contributed by atoms with Gasteiger partial charge in [-0.15, -0.1) is 0 Å². The first-order chi connectivity index (χ1) is 7.15. The van der Waals surface area contributed by atoms with Crippen molar-refractivity contribution in [1.29, 1.82) is 0 Å². The largest absolute Gasteiger partial charge is 0.369 e. The van der Waals surface area contributed by atoms with Crippen LogP contribution in [0.5, 0.6) is 0 Å². The van der Waals surface area contributed by atoms with Gasteiger partial charge in [-0.25, -0.2) is 4.98 Å². The Balaban J connectivity index is 2.64. The van der Waals surface area contributed by atoms with Crippen molar-refractivity contribution < 1.29 is 0 Å². The van der Waals surface area contributed by atoms with Crippen LogP contribution in [0.1, 0.15) is 11.1 Å². The molecule has 0 unspecified atom stereocenters. The van der Waals surface area contributed by atoms with E-state index in [1.165, 1.54) is 5.56 Å². The van der Waals surface area contributed by atoms with E-state index in [0.717, 1.165) is 24.5 Å². The second kappa shape index (κ2) is 5.68. The third-order valence-corrected chi connectivity index (χ3v) is 2.35. The maximum Gasteiger partial charge on any atom is 0.130 e. The van der Waals surface area contributed by atoms with Gasteiger partial charge in [-0.05, 0) is 32.6 Å². The summed E-state index contributed by atoms with van der Waals surface area (Å²) in [4.78, 5) is 6.43. The highest BCUT2D eigenvalue weighted by atomic mass is 15.1. The molecule has 1 heterocycles. The van der Waals surface area contributed by atoms with E-state index in [9.17, 15) is 0 Å². The summed E-state index contributed by atoms with van der Waals surface area (Å²) in [6, 6.07) is 1.99. The number of nitrogens with one attached hydrogen (secondary N) is 1. The van der Waals surface area contributed by atoms with Crippen LogP contribution in [0.25, 0.3) is 0 Å². The van der Waals surface area contributed by atoms with E-state index < -0.39 is 0 Å². The van der Waals surface area contributed by atoms with E-state index in [4.69, 9.17) is 5.73 Å². The number of pyridine rings is 1. The second-order valence-corrected chi connectivity index (χ2v) is 3.89.